The van der Waals surface area contributed by atoms with E-state index in [1.54, 1.807) is 7.11 Å². The van der Waals surface area contributed by atoms with Gasteiger partial charge in [-0.2, -0.15) is 15.0 Å². The third kappa shape index (κ3) is 4.80. The first-order valence-corrected chi connectivity index (χ1v) is 10.1. The van der Waals surface area contributed by atoms with Gasteiger partial charge in [-0.15, -0.1) is 0 Å². The minimum Gasteiger partial charge on any atom is -0.468 e. The molecule has 3 heterocycles. The molecule has 150 valence electrons. The number of likely N-dealkylation sites (tertiary alicyclic amines) is 1. The van der Waals surface area contributed by atoms with Gasteiger partial charge >= 0.3 is 6.01 Å². The van der Waals surface area contributed by atoms with Crippen LogP contribution in [0.5, 0.6) is 12.0 Å². The SMILES string of the molecule is CCC[C@H](C)Oc1nc(N)c2nc(OC)n(CCCN3CCCCC3)c2n1. The Balaban J connectivity index is 1.78. The Labute approximate surface area is 161 Å². The molecule has 1 fully saturated rings. The molecule has 3 rings (SSSR count). The van der Waals surface area contributed by atoms with Crippen LogP contribution in [0.2, 0.25) is 0 Å². The summed E-state index contributed by atoms with van der Waals surface area (Å²) in [6.45, 7) is 8.38. The summed E-state index contributed by atoms with van der Waals surface area (Å²) in [4.78, 5) is 15.9. The van der Waals surface area contributed by atoms with E-state index in [2.05, 4.69) is 26.8 Å². The average molecular weight is 377 g/mol. The van der Waals surface area contributed by atoms with Gasteiger partial charge in [0.2, 0.25) is 0 Å². The van der Waals surface area contributed by atoms with Crippen LogP contribution >= 0.6 is 0 Å². The number of hydrogen-bond acceptors (Lipinski definition) is 7. The zero-order chi connectivity index (χ0) is 19.2. The van der Waals surface area contributed by atoms with Gasteiger partial charge in [-0.25, -0.2) is 0 Å². The van der Waals surface area contributed by atoms with E-state index in [1.165, 1.54) is 32.4 Å². The van der Waals surface area contributed by atoms with Crippen molar-refractivity contribution in [3.63, 3.8) is 0 Å². The highest BCUT2D eigenvalue weighted by molar-refractivity contribution is 5.83. The lowest BCUT2D eigenvalue weighted by Crippen LogP contribution is -2.31. The lowest BCUT2D eigenvalue weighted by Gasteiger charge is -2.26. The molecule has 0 amide bonds. The van der Waals surface area contributed by atoms with E-state index in [1.807, 2.05) is 11.5 Å². The van der Waals surface area contributed by atoms with Crippen molar-refractivity contribution in [3.8, 4) is 12.0 Å². The maximum absolute atomic E-state index is 6.12. The first-order valence-electron chi connectivity index (χ1n) is 10.1. The molecule has 8 heteroatoms. The fraction of sp³-hybridized carbons (Fsp3) is 0.737. The molecule has 0 spiro atoms. The number of nitrogen functional groups attached to an aromatic ring is 1. The Morgan fingerprint density at radius 3 is 2.59 bits per heavy atom. The van der Waals surface area contributed by atoms with Crippen molar-refractivity contribution in [2.75, 3.05) is 32.5 Å². The summed E-state index contributed by atoms with van der Waals surface area (Å²) in [6, 6.07) is 0.823. The van der Waals surface area contributed by atoms with Crippen molar-refractivity contribution in [1.82, 2.24) is 24.4 Å². The molecule has 8 nitrogen and oxygen atoms in total. The van der Waals surface area contributed by atoms with Gasteiger partial charge in [-0.3, -0.25) is 4.57 Å². The minimum atomic E-state index is 0.0456. The number of hydrogen-bond donors (Lipinski definition) is 1. The Bertz CT molecular complexity index is 741. The van der Waals surface area contributed by atoms with E-state index < -0.39 is 0 Å². The highest BCUT2D eigenvalue weighted by atomic mass is 16.5. The number of nitrogens with zero attached hydrogens (tertiary/aromatic N) is 5. The Morgan fingerprint density at radius 2 is 1.89 bits per heavy atom. The quantitative estimate of drug-likeness (QED) is 0.719. The first-order chi connectivity index (χ1) is 13.1. The van der Waals surface area contributed by atoms with Crippen LogP contribution < -0.4 is 15.2 Å². The topological polar surface area (TPSA) is 91.3 Å². The molecule has 0 bridgehead atoms. The standard InChI is InChI=1S/C19H32N6O2/c1-4-9-14(2)27-18-22-16(20)15-17(23-18)25(19(21-15)26-3)13-8-12-24-10-6-5-7-11-24/h14H,4-13H2,1-3H3,(H2,20,22,23)/t14-/m0/s1. The predicted octanol–water partition coefficient (Wildman–Crippen LogP) is 2.86. The number of anilines is 1. The minimum absolute atomic E-state index is 0.0456. The number of nitrogens with two attached hydrogens (primary N) is 1. The average Bonchev–Trinajstić information content (AvgIpc) is 3.01. The molecule has 0 radical (unpaired) electrons. The third-order valence-electron chi connectivity index (χ3n) is 5.06. The Kier molecular flexibility index (Phi) is 6.71. The van der Waals surface area contributed by atoms with Crippen molar-refractivity contribution in [2.45, 2.75) is 65.0 Å². The summed E-state index contributed by atoms with van der Waals surface area (Å²) >= 11 is 0. The van der Waals surface area contributed by atoms with Gasteiger partial charge in [0.15, 0.2) is 17.0 Å². The van der Waals surface area contributed by atoms with E-state index in [0.717, 1.165) is 32.4 Å². The molecule has 2 aromatic heterocycles. The second-order valence-corrected chi connectivity index (χ2v) is 7.29. The van der Waals surface area contributed by atoms with Crippen LogP contribution in [-0.4, -0.2) is 57.3 Å². The molecule has 2 N–H and O–H groups in total. The maximum atomic E-state index is 6.12. The van der Waals surface area contributed by atoms with Gasteiger partial charge in [0.25, 0.3) is 6.01 Å². The molecule has 1 saturated heterocycles. The van der Waals surface area contributed by atoms with Gasteiger partial charge in [-0.1, -0.05) is 19.8 Å². The molecule has 1 atom stereocenters. The second kappa shape index (κ2) is 9.21. The monoisotopic (exact) mass is 376 g/mol. The van der Waals surface area contributed by atoms with Crippen LogP contribution in [0.25, 0.3) is 11.2 Å². The highest BCUT2D eigenvalue weighted by Crippen LogP contribution is 2.26. The molecule has 0 saturated carbocycles. The summed E-state index contributed by atoms with van der Waals surface area (Å²) < 4.78 is 13.3. The van der Waals surface area contributed by atoms with Crippen molar-refractivity contribution < 1.29 is 9.47 Å². The van der Waals surface area contributed by atoms with E-state index in [4.69, 9.17) is 15.2 Å². The molecular weight excluding hydrogens is 344 g/mol. The number of fused-ring (bicyclic) bond motifs is 1. The lowest BCUT2D eigenvalue weighted by atomic mass is 10.1. The molecule has 1 aliphatic heterocycles. The summed E-state index contributed by atoms with van der Waals surface area (Å²) in [5.41, 5.74) is 7.37. The van der Waals surface area contributed by atoms with E-state index in [0.29, 0.717) is 29.0 Å². The first kappa shape index (κ1) is 19.7. The van der Waals surface area contributed by atoms with Crippen LogP contribution in [0.4, 0.5) is 5.82 Å². The molecular formula is C19H32N6O2. The van der Waals surface area contributed by atoms with Gasteiger partial charge in [0.05, 0.1) is 13.2 Å². The van der Waals surface area contributed by atoms with Crippen LogP contribution in [0.3, 0.4) is 0 Å². The normalized spacial score (nSPS) is 16.6. The van der Waals surface area contributed by atoms with Crippen molar-refractivity contribution >= 4 is 17.0 Å². The Morgan fingerprint density at radius 1 is 1.11 bits per heavy atom. The van der Waals surface area contributed by atoms with Crippen LogP contribution in [0.1, 0.15) is 52.4 Å². The van der Waals surface area contributed by atoms with Crippen molar-refractivity contribution in [3.05, 3.63) is 0 Å². The summed E-state index contributed by atoms with van der Waals surface area (Å²) in [5.74, 6) is 0.326. The molecule has 27 heavy (non-hydrogen) atoms. The summed E-state index contributed by atoms with van der Waals surface area (Å²) in [7, 11) is 1.62. The summed E-state index contributed by atoms with van der Waals surface area (Å²) in [5, 5.41) is 0. The number of methoxy groups -OCH3 is 1. The molecule has 0 aliphatic carbocycles. The van der Waals surface area contributed by atoms with E-state index in [9.17, 15) is 0 Å². The number of aryl methyl sites for hydroxylation is 1. The van der Waals surface area contributed by atoms with Gasteiger partial charge in [-0.05, 0) is 52.2 Å². The fourth-order valence-electron chi connectivity index (χ4n) is 3.67. The van der Waals surface area contributed by atoms with E-state index >= 15 is 0 Å². The second-order valence-electron chi connectivity index (χ2n) is 7.29. The number of ether oxygens (including phenoxy) is 2. The zero-order valence-corrected chi connectivity index (χ0v) is 16.8. The fourth-order valence-corrected chi connectivity index (χ4v) is 3.67. The highest BCUT2D eigenvalue weighted by Gasteiger charge is 2.19. The molecule has 2 aromatic rings. The predicted molar refractivity (Wildman–Crippen MR) is 106 cm³/mol. The van der Waals surface area contributed by atoms with Crippen LogP contribution in [-0.2, 0) is 6.54 Å². The number of aromatic nitrogens is 4. The summed E-state index contributed by atoms with van der Waals surface area (Å²) in [6.07, 6.45) is 7.00. The third-order valence-corrected chi connectivity index (χ3v) is 5.06. The molecule has 1 aliphatic rings. The van der Waals surface area contributed by atoms with Crippen LogP contribution in [0, 0.1) is 0 Å². The van der Waals surface area contributed by atoms with Gasteiger partial charge in [0, 0.05) is 6.54 Å². The smallest absolute Gasteiger partial charge is 0.320 e. The number of rotatable bonds is 9. The number of piperidine rings is 1. The van der Waals surface area contributed by atoms with E-state index in [-0.39, 0.29) is 6.10 Å². The maximum Gasteiger partial charge on any atom is 0.320 e. The van der Waals surface area contributed by atoms with Crippen molar-refractivity contribution in [1.29, 1.82) is 0 Å². The molecule has 0 unspecified atom stereocenters. The largest absolute Gasteiger partial charge is 0.468 e. The molecule has 0 aromatic carbocycles. The van der Waals surface area contributed by atoms with Gasteiger partial charge < -0.3 is 20.1 Å². The van der Waals surface area contributed by atoms with Crippen molar-refractivity contribution in [2.24, 2.45) is 0 Å². The number of imidazole rings is 1. The Hall–Kier alpha value is -2.09. The van der Waals surface area contributed by atoms with Gasteiger partial charge in [0.1, 0.15) is 0 Å². The van der Waals surface area contributed by atoms with Crippen LogP contribution in [0.15, 0.2) is 0 Å². The lowest BCUT2D eigenvalue weighted by molar-refractivity contribution is 0.193. The zero-order valence-electron chi connectivity index (χ0n) is 16.8.